The number of nitrogens with two attached hydrogens (primary N) is 1. The zero-order valence-electron chi connectivity index (χ0n) is 7.51. The molecule has 0 aromatic rings. The first-order valence-corrected chi connectivity index (χ1v) is 4.22. The average molecular weight is 174 g/mol. The summed E-state index contributed by atoms with van der Waals surface area (Å²) in [6, 6.07) is 0.341. The molecule has 0 saturated carbocycles. The maximum Gasteiger partial charge on any atom is 0.257 e. The first kappa shape index (κ1) is 9.45. The molecule has 0 bridgehead atoms. The molecule has 1 aliphatic heterocycles. The molecule has 70 valence electrons. The van der Waals surface area contributed by atoms with Gasteiger partial charge in [-0.3, -0.25) is 9.69 Å². The van der Waals surface area contributed by atoms with Gasteiger partial charge >= 0.3 is 0 Å². The zero-order valence-corrected chi connectivity index (χ0v) is 7.51. The van der Waals surface area contributed by atoms with Gasteiger partial charge in [0.25, 0.3) is 5.91 Å². The highest BCUT2D eigenvalue weighted by molar-refractivity contribution is 5.85. The van der Waals surface area contributed by atoms with Crippen LogP contribution in [0.2, 0.25) is 0 Å². The van der Waals surface area contributed by atoms with Crippen LogP contribution in [0.25, 0.3) is 0 Å². The minimum atomic E-state index is -1.76. The Kier molecular flexibility index (Phi) is 2.37. The van der Waals surface area contributed by atoms with E-state index in [4.69, 9.17) is 5.73 Å². The van der Waals surface area contributed by atoms with Gasteiger partial charge in [-0.15, -0.1) is 0 Å². The minimum absolute atomic E-state index is 0.164. The van der Waals surface area contributed by atoms with Crippen LogP contribution in [0.3, 0.4) is 0 Å². The van der Waals surface area contributed by atoms with Crippen LogP contribution in [0, 0.1) is 0 Å². The van der Waals surface area contributed by atoms with E-state index >= 15 is 0 Å². The predicted octanol–water partition coefficient (Wildman–Crippen LogP) is 0.294. The van der Waals surface area contributed by atoms with Gasteiger partial charge in [0.05, 0.1) is 0 Å². The number of hydrogen-bond donors (Lipinski definition) is 1. The monoisotopic (exact) mass is 174 g/mol. The Morgan fingerprint density at radius 3 is 2.58 bits per heavy atom. The Morgan fingerprint density at radius 1 is 1.75 bits per heavy atom. The topological polar surface area (TPSA) is 46.3 Å². The molecule has 3 nitrogen and oxygen atoms in total. The highest BCUT2D eigenvalue weighted by atomic mass is 19.1. The van der Waals surface area contributed by atoms with Crippen molar-refractivity contribution in [3.63, 3.8) is 0 Å². The number of amides is 1. The molecule has 2 N–H and O–H groups in total. The molecule has 1 rings (SSSR count). The molecule has 0 aromatic carbocycles. The molecule has 0 spiro atoms. The number of alkyl halides is 1. The maximum atomic E-state index is 13.3. The predicted molar refractivity (Wildman–Crippen MR) is 44.4 cm³/mol. The molecule has 1 fully saturated rings. The van der Waals surface area contributed by atoms with Crippen LogP contribution in [-0.2, 0) is 4.79 Å². The van der Waals surface area contributed by atoms with Crippen molar-refractivity contribution >= 4 is 5.91 Å². The highest BCUT2D eigenvalue weighted by Gasteiger charge is 2.49. The van der Waals surface area contributed by atoms with E-state index in [1.54, 1.807) is 0 Å². The second-order valence-corrected chi connectivity index (χ2v) is 3.49. The van der Waals surface area contributed by atoms with E-state index in [-0.39, 0.29) is 13.1 Å². The Balaban J connectivity index is 2.41. The Morgan fingerprint density at radius 2 is 2.25 bits per heavy atom. The lowest BCUT2D eigenvalue weighted by atomic mass is 9.93. The standard InChI is InChI=1S/C8H15FN2O/c1-3-6(2)11-4-8(9,5-11)7(10)12/h6H,3-5H2,1-2H3,(H2,10,12). The van der Waals surface area contributed by atoms with Crippen molar-refractivity contribution in [3.05, 3.63) is 0 Å². The molecular weight excluding hydrogens is 159 g/mol. The van der Waals surface area contributed by atoms with E-state index in [1.165, 1.54) is 0 Å². The third-order valence-electron chi connectivity index (χ3n) is 2.56. The smallest absolute Gasteiger partial charge is 0.257 e. The summed E-state index contributed by atoms with van der Waals surface area (Å²) in [7, 11) is 0. The number of nitrogens with zero attached hydrogens (tertiary/aromatic N) is 1. The lowest BCUT2D eigenvalue weighted by Crippen LogP contribution is -2.67. The molecule has 1 unspecified atom stereocenters. The number of primary amides is 1. The quantitative estimate of drug-likeness (QED) is 0.668. The molecule has 4 heteroatoms. The molecule has 0 aliphatic carbocycles. The fraction of sp³-hybridized carbons (Fsp3) is 0.875. The van der Waals surface area contributed by atoms with E-state index in [1.807, 2.05) is 18.7 Å². The summed E-state index contributed by atoms with van der Waals surface area (Å²) in [4.78, 5) is 12.5. The third-order valence-corrected chi connectivity index (χ3v) is 2.56. The van der Waals surface area contributed by atoms with Crippen LogP contribution in [0.1, 0.15) is 20.3 Å². The molecule has 0 radical (unpaired) electrons. The van der Waals surface area contributed by atoms with Crippen molar-refractivity contribution in [1.82, 2.24) is 4.90 Å². The number of carbonyl (C=O) groups excluding carboxylic acids is 1. The van der Waals surface area contributed by atoms with Gasteiger partial charge in [0.2, 0.25) is 5.67 Å². The normalized spacial score (nSPS) is 24.6. The van der Waals surface area contributed by atoms with E-state index in [2.05, 4.69) is 0 Å². The number of carbonyl (C=O) groups is 1. The van der Waals surface area contributed by atoms with E-state index in [9.17, 15) is 9.18 Å². The van der Waals surface area contributed by atoms with Gasteiger partial charge in [-0.25, -0.2) is 4.39 Å². The molecule has 1 heterocycles. The molecular formula is C8H15FN2O. The fourth-order valence-corrected chi connectivity index (χ4v) is 1.32. The Bertz CT molecular complexity index is 189. The van der Waals surface area contributed by atoms with E-state index in [0.717, 1.165) is 6.42 Å². The highest BCUT2D eigenvalue weighted by Crippen LogP contribution is 2.27. The zero-order chi connectivity index (χ0) is 9.35. The summed E-state index contributed by atoms with van der Waals surface area (Å²) in [5, 5.41) is 0. The van der Waals surface area contributed by atoms with Crippen molar-refractivity contribution in [2.75, 3.05) is 13.1 Å². The van der Waals surface area contributed by atoms with E-state index in [0.29, 0.717) is 6.04 Å². The molecule has 1 saturated heterocycles. The van der Waals surface area contributed by atoms with Gasteiger partial charge in [-0.2, -0.15) is 0 Å². The lowest BCUT2D eigenvalue weighted by Gasteiger charge is -2.45. The Hall–Kier alpha value is -0.640. The van der Waals surface area contributed by atoms with Gasteiger partial charge < -0.3 is 5.73 Å². The van der Waals surface area contributed by atoms with Gasteiger partial charge in [0.1, 0.15) is 0 Å². The summed E-state index contributed by atoms with van der Waals surface area (Å²) in [5.74, 6) is -0.831. The van der Waals surface area contributed by atoms with Gasteiger partial charge in [0, 0.05) is 19.1 Å². The van der Waals surface area contributed by atoms with Crippen LogP contribution in [-0.4, -0.2) is 35.6 Å². The second kappa shape index (κ2) is 3.01. The van der Waals surface area contributed by atoms with Crippen molar-refractivity contribution in [3.8, 4) is 0 Å². The van der Waals surface area contributed by atoms with Crippen LogP contribution in [0.15, 0.2) is 0 Å². The van der Waals surface area contributed by atoms with Crippen LogP contribution in [0.4, 0.5) is 4.39 Å². The largest absolute Gasteiger partial charge is 0.367 e. The summed E-state index contributed by atoms with van der Waals surface area (Å²) >= 11 is 0. The first-order chi connectivity index (χ1) is 5.49. The number of rotatable bonds is 3. The molecule has 1 aliphatic rings. The summed E-state index contributed by atoms with van der Waals surface area (Å²) in [6.45, 7) is 4.38. The lowest BCUT2D eigenvalue weighted by molar-refractivity contribution is -0.144. The molecule has 1 atom stereocenters. The molecule has 1 amide bonds. The third kappa shape index (κ3) is 1.43. The van der Waals surface area contributed by atoms with Gasteiger partial charge in [0.15, 0.2) is 0 Å². The van der Waals surface area contributed by atoms with E-state index < -0.39 is 11.6 Å². The number of halogens is 1. The van der Waals surface area contributed by atoms with Crippen LogP contribution in [0.5, 0.6) is 0 Å². The second-order valence-electron chi connectivity index (χ2n) is 3.49. The number of likely N-dealkylation sites (tertiary alicyclic amines) is 1. The fourth-order valence-electron chi connectivity index (χ4n) is 1.32. The van der Waals surface area contributed by atoms with Crippen molar-refractivity contribution in [1.29, 1.82) is 0 Å². The Labute approximate surface area is 71.7 Å². The van der Waals surface area contributed by atoms with Crippen molar-refractivity contribution < 1.29 is 9.18 Å². The molecule has 12 heavy (non-hydrogen) atoms. The van der Waals surface area contributed by atoms with Gasteiger partial charge in [-0.05, 0) is 13.3 Å². The summed E-state index contributed by atoms with van der Waals surface area (Å²) in [5.41, 5.74) is 3.13. The SMILES string of the molecule is CCC(C)N1CC(F)(C(N)=O)C1. The van der Waals surface area contributed by atoms with Gasteiger partial charge in [-0.1, -0.05) is 6.92 Å². The van der Waals surface area contributed by atoms with Crippen LogP contribution >= 0.6 is 0 Å². The number of hydrogen-bond acceptors (Lipinski definition) is 2. The minimum Gasteiger partial charge on any atom is -0.367 e. The van der Waals surface area contributed by atoms with Crippen molar-refractivity contribution in [2.24, 2.45) is 5.73 Å². The average Bonchev–Trinajstić information content (AvgIpc) is 1.96. The summed E-state index contributed by atoms with van der Waals surface area (Å²) in [6.07, 6.45) is 0.967. The van der Waals surface area contributed by atoms with Crippen LogP contribution < -0.4 is 5.73 Å². The maximum absolute atomic E-state index is 13.3. The summed E-state index contributed by atoms with van der Waals surface area (Å²) < 4.78 is 13.3. The van der Waals surface area contributed by atoms with Crippen molar-refractivity contribution in [2.45, 2.75) is 32.0 Å². The molecule has 0 aromatic heterocycles. The first-order valence-electron chi connectivity index (χ1n) is 4.22.